The molecule has 0 saturated heterocycles. The fourth-order valence-corrected chi connectivity index (χ4v) is 5.10. The van der Waals surface area contributed by atoms with Gasteiger partial charge < -0.3 is 15.2 Å². The van der Waals surface area contributed by atoms with Crippen molar-refractivity contribution in [3.05, 3.63) is 74.0 Å². The van der Waals surface area contributed by atoms with E-state index in [9.17, 15) is 49.7 Å². The van der Waals surface area contributed by atoms with E-state index < -0.39 is 66.9 Å². The highest BCUT2D eigenvalue weighted by Gasteiger charge is 2.39. The predicted octanol–water partition coefficient (Wildman–Crippen LogP) is 5.11. The van der Waals surface area contributed by atoms with Crippen molar-refractivity contribution in [3.63, 3.8) is 0 Å². The number of carbonyl (C=O) groups excluding carboxylic acids is 1. The zero-order valence-corrected chi connectivity index (χ0v) is 25.9. The van der Waals surface area contributed by atoms with Crippen LogP contribution in [-0.4, -0.2) is 58.3 Å². The van der Waals surface area contributed by atoms with E-state index in [1.165, 1.54) is 25.0 Å². The van der Waals surface area contributed by atoms with Gasteiger partial charge >= 0.3 is 24.1 Å². The maximum absolute atomic E-state index is 12.9. The number of nitrogen functional groups attached to an aromatic ring is 1. The largest absolute Gasteiger partial charge is 0.481 e. The van der Waals surface area contributed by atoms with Gasteiger partial charge in [-0.05, 0) is 24.3 Å². The highest BCUT2D eigenvalue weighted by molar-refractivity contribution is 7.90. The molecule has 0 unspecified atom stereocenters. The first-order chi connectivity index (χ1) is 22.2. The average Bonchev–Trinajstić information content (AvgIpc) is 3.36. The number of nitrogens with one attached hydrogen (secondary N) is 2. The van der Waals surface area contributed by atoms with Gasteiger partial charge in [0, 0.05) is 6.20 Å². The summed E-state index contributed by atoms with van der Waals surface area (Å²) in [6.45, 7) is 0. The smallest absolute Gasteiger partial charge is 0.419 e. The molecule has 0 bridgehead atoms. The second kappa shape index (κ2) is 14.3. The number of methoxy groups -OCH3 is 2. The van der Waals surface area contributed by atoms with Crippen molar-refractivity contribution >= 4 is 56.7 Å². The molecule has 0 aliphatic carbocycles. The standard InChI is InChI=1S/C13H12F3N5O5S.C10H5Cl2F3N4O2/c1-25-8-6-9(26-2)19-11(18-8)20-12(22)21-27(23,24)10-7(13(14,15)16)4-3-5-17-10;11-5-1-4(10(13,14)15)2-6(12)8(5)18-9(16)7(3-17-18)19(20)21/h3-6H,1-2H3,(H2,18,19,20,21,22);1-3H,16H2. The first-order valence-electron chi connectivity index (χ1n) is 12.1. The summed E-state index contributed by atoms with van der Waals surface area (Å²) in [6, 6.07) is 2.58. The van der Waals surface area contributed by atoms with Gasteiger partial charge in [-0.15, -0.1) is 0 Å². The Bertz CT molecular complexity index is 1920. The molecule has 0 saturated carbocycles. The third kappa shape index (κ3) is 8.80. The Labute approximate surface area is 274 Å². The molecule has 3 heterocycles. The Morgan fingerprint density at radius 2 is 1.58 bits per heavy atom. The summed E-state index contributed by atoms with van der Waals surface area (Å²) in [4.78, 5) is 32.4. The Balaban J connectivity index is 0.000000269. The quantitative estimate of drug-likeness (QED) is 0.128. The van der Waals surface area contributed by atoms with Crippen LogP contribution in [0.3, 0.4) is 0 Å². The zero-order valence-electron chi connectivity index (χ0n) is 23.6. The number of anilines is 2. The van der Waals surface area contributed by atoms with Crippen molar-refractivity contribution in [2.24, 2.45) is 0 Å². The van der Waals surface area contributed by atoms with Crippen LogP contribution in [0.4, 0.5) is 48.6 Å². The summed E-state index contributed by atoms with van der Waals surface area (Å²) in [5.74, 6) is -0.826. The Morgan fingerprint density at radius 1 is 1.02 bits per heavy atom. The lowest BCUT2D eigenvalue weighted by Gasteiger charge is -2.13. The summed E-state index contributed by atoms with van der Waals surface area (Å²) in [7, 11) is -2.39. The van der Waals surface area contributed by atoms with Gasteiger partial charge in [-0.2, -0.15) is 49.8 Å². The first kappa shape index (κ1) is 37.3. The van der Waals surface area contributed by atoms with Gasteiger partial charge in [0.15, 0.2) is 5.03 Å². The number of nitrogens with zero attached hydrogens (tertiary/aromatic N) is 6. The van der Waals surface area contributed by atoms with Crippen LogP contribution in [0.2, 0.25) is 10.0 Å². The van der Waals surface area contributed by atoms with Crippen LogP contribution in [0.1, 0.15) is 11.1 Å². The highest BCUT2D eigenvalue weighted by atomic mass is 35.5. The molecule has 0 atom stereocenters. The summed E-state index contributed by atoms with van der Waals surface area (Å²) >= 11 is 11.5. The fourth-order valence-electron chi connectivity index (χ4n) is 3.39. The number of sulfonamides is 1. The fraction of sp³-hybridized carbons (Fsp3) is 0.174. The molecule has 1 aromatic carbocycles. The second-order valence-electron chi connectivity index (χ2n) is 8.56. The van der Waals surface area contributed by atoms with Crippen molar-refractivity contribution < 1.29 is 54.0 Å². The van der Waals surface area contributed by atoms with E-state index in [0.29, 0.717) is 18.2 Å². The molecule has 48 heavy (non-hydrogen) atoms. The minimum absolute atomic E-state index is 0.0101. The molecule has 16 nitrogen and oxygen atoms in total. The number of alkyl halides is 6. The van der Waals surface area contributed by atoms with Gasteiger partial charge in [0.1, 0.15) is 11.9 Å². The highest BCUT2D eigenvalue weighted by Crippen LogP contribution is 2.39. The molecule has 258 valence electrons. The normalized spacial score (nSPS) is 11.6. The van der Waals surface area contributed by atoms with Crippen LogP contribution < -0.4 is 25.2 Å². The van der Waals surface area contributed by atoms with Crippen LogP contribution in [0, 0.1) is 10.1 Å². The predicted molar refractivity (Wildman–Crippen MR) is 153 cm³/mol. The number of hydrogen-bond donors (Lipinski definition) is 3. The van der Waals surface area contributed by atoms with E-state index in [0.717, 1.165) is 23.1 Å². The van der Waals surface area contributed by atoms with Crippen LogP contribution >= 0.6 is 23.2 Å². The Hall–Kier alpha value is -5.16. The Kier molecular flexibility index (Phi) is 11.1. The summed E-state index contributed by atoms with van der Waals surface area (Å²) < 4.78 is 113. The third-order valence-corrected chi connectivity index (χ3v) is 7.28. The number of halogens is 8. The molecule has 4 rings (SSSR count). The van der Waals surface area contributed by atoms with Gasteiger partial charge in [0.2, 0.25) is 23.5 Å². The molecular weight excluding hydrogens is 731 g/mol. The lowest BCUT2D eigenvalue weighted by molar-refractivity contribution is -0.383. The van der Waals surface area contributed by atoms with Crippen molar-refractivity contribution in [2.75, 3.05) is 25.3 Å². The molecular formula is C23H17Cl2F6N9O7S. The van der Waals surface area contributed by atoms with Crippen LogP contribution in [0.15, 0.2) is 47.8 Å². The molecule has 2 amide bonds. The SMILES string of the molecule is COc1cc(OC)nc(NC(=O)NS(=O)(=O)c2ncccc2C(F)(F)F)n1.Nc1c([N+](=O)[O-])cnn1-c1c(Cl)cc(C(F)(F)F)cc1Cl. The summed E-state index contributed by atoms with van der Waals surface area (Å²) in [5.41, 5.74) is 2.26. The molecule has 4 N–H and O–H groups in total. The number of rotatable bonds is 7. The van der Waals surface area contributed by atoms with Gasteiger partial charge in [0.05, 0.1) is 46.4 Å². The minimum atomic E-state index is -4.99. The number of nitrogens with two attached hydrogens (primary N) is 1. The number of benzene rings is 1. The summed E-state index contributed by atoms with van der Waals surface area (Å²) in [6.07, 6.45) is -7.93. The minimum Gasteiger partial charge on any atom is -0.481 e. The van der Waals surface area contributed by atoms with Crippen molar-refractivity contribution in [3.8, 4) is 17.4 Å². The second-order valence-corrected chi connectivity index (χ2v) is 11.0. The monoisotopic (exact) mass is 747 g/mol. The zero-order chi connectivity index (χ0) is 36.2. The molecule has 4 aromatic rings. The van der Waals surface area contributed by atoms with Crippen molar-refractivity contribution in [1.29, 1.82) is 0 Å². The lowest BCUT2D eigenvalue weighted by Crippen LogP contribution is -2.36. The number of urea groups is 1. The van der Waals surface area contributed by atoms with Gasteiger partial charge in [-0.1, -0.05) is 23.2 Å². The molecule has 3 aromatic heterocycles. The molecule has 0 spiro atoms. The van der Waals surface area contributed by atoms with Crippen molar-refractivity contribution in [2.45, 2.75) is 17.4 Å². The number of pyridine rings is 1. The number of ether oxygens (including phenoxy) is 2. The van der Waals surface area contributed by atoms with Crippen LogP contribution in [0.25, 0.3) is 5.69 Å². The van der Waals surface area contributed by atoms with Crippen LogP contribution in [0.5, 0.6) is 11.8 Å². The summed E-state index contributed by atoms with van der Waals surface area (Å²) in [5, 5.41) is 14.1. The lowest BCUT2D eigenvalue weighted by atomic mass is 10.2. The topological polar surface area (TPSA) is 219 Å². The Morgan fingerprint density at radius 3 is 2.04 bits per heavy atom. The number of carbonyl (C=O) groups is 1. The van der Waals surface area contributed by atoms with E-state index in [1.54, 1.807) is 0 Å². The van der Waals surface area contributed by atoms with E-state index in [-0.39, 0.29) is 27.5 Å². The van der Waals surface area contributed by atoms with Crippen LogP contribution in [-0.2, 0) is 22.4 Å². The third-order valence-electron chi connectivity index (χ3n) is 5.42. The number of nitro groups is 1. The average molecular weight is 748 g/mol. The molecule has 0 aliphatic rings. The van der Waals surface area contributed by atoms with E-state index >= 15 is 0 Å². The number of amides is 2. The molecule has 0 radical (unpaired) electrons. The van der Waals surface area contributed by atoms with E-state index in [1.807, 2.05) is 5.32 Å². The maximum Gasteiger partial charge on any atom is 0.419 e. The van der Waals surface area contributed by atoms with Gasteiger partial charge in [0.25, 0.3) is 10.0 Å². The molecule has 25 heteroatoms. The van der Waals surface area contributed by atoms with Crippen molar-refractivity contribution in [1.82, 2.24) is 29.5 Å². The van der Waals surface area contributed by atoms with E-state index in [4.69, 9.17) is 38.4 Å². The molecule has 0 aliphatic heterocycles. The first-order valence-corrected chi connectivity index (χ1v) is 14.3. The number of hydrogen-bond acceptors (Lipinski definition) is 12. The maximum atomic E-state index is 12.9. The van der Waals surface area contributed by atoms with Gasteiger partial charge in [-0.25, -0.2) is 19.2 Å². The van der Waals surface area contributed by atoms with E-state index in [2.05, 4.69) is 20.1 Å². The van der Waals surface area contributed by atoms with Gasteiger partial charge in [-0.3, -0.25) is 15.4 Å². The number of aromatic nitrogens is 5. The molecule has 0 fully saturated rings.